The van der Waals surface area contributed by atoms with E-state index < -0.39 is 11.8 Å². The van der Waals surface area contributed by atoms with Crippen LogP contribution in [0.15, 0.2) is 30.3 Å². The van der Waals surface area contributed by atoms with Crippen molar-refractivity contribution in [1.82, 2.24) is 5.32 Å². The van der Waals surface area contributed by atoms with Crippen molar-refractivity contribution in [3.63, 3.8) is 0 Å². The largest absolute Gasteiger partial charge is 0.469 e. The number of aldehydes is 1. The fraction of sp³-hybridized carbons (Fsp3) is 0.467. The maximum atomic E-state index is 12.1. The van der Waals surface area contributed by atoms with Crippen molar-refractivity contribution in [2.75, 3.05) is 20.2 Å². The van der Waals surface area contributed by atoms with E-state index in [0.29, 0.717) is 0 Å². The van der Waals surface area contributed by atoms with Crippen molar-refractivity contribution in [2.24, 2.45) is 11.8 Å². The zero-order valence-corrected chi connectivity index (χ0v) is 11.0. The van der Waals surface area contributed by atoms with Gasteiger partial charge in [0.2, 0.25) is 0 Å². The number of esters is 1. The summed E-state index contributed by atoms with van der Waals surface area (Å²) in [6, 6.07) is 9.44. The minimum atomic E-state index is -0.432. The van der Waals surface area contributed by atoms with Crippen LogP contribution in [0.2, 0.25) is 0 Å². The Morgan fingerprint density at radius 2 is 2.16 bits per heavy atom. The highest BCUT2D eigenvalue weighted by Crippen LogP contribution is 2.33. The van der Waals surface area contributed by atoms with E-state index in [1.165, 1.54) is 7.11 Å². The molecule has 4 heteroatoms. The first-order valence-corrected chi connectivity index (χ1v) is 6.56. The second kappa shape index (κ2) is 6.48. The third kappa shape index (κ3) is 3.01. The van der Waals surface area contributed by atoms with E-state index in [9.17, 15) is 9.59 Å². The molecule has 2 unspecified atom stereocenters. The van der Waals surface area contributed by atoms with Crippen molar-refractivity contribution in [2.45, 2.75) is 12.3 Å². The third-order valence-electron chi connectivity index (χ3n) is 3.80. The van der Waals surface area contributed by atoms with Crippen LogP contribution in [0, 0.1) is 11.8 Å². The van der Waals surface area contributed by atoms with Gasteiger partial charge in [0, 0.05) is 0 Å². The van der Waals surface area contributed by atoms with Gasteiger partial charge < -0.3 is 14.8 Å². The van der Waals surface area contributed by atoms with Crippen LogP contribution < -0.4 is 5.32 Å². The van der Waals surface area contributed by atoms with Gasteiger partial charge in [-0.05, 0) is 31.0 Å². The minimum absolute atomic E-state index is 0.155. The molecule has 0 aliphatic carbocycles. The van der Waals surface area contributed by atoms with E-state index in [1.54, 1.807) is 0 Å². The molecule has 1 N–H and O–H groups in total. The van der Waals surface area contributed by atoms with E-state index in [-0.39, 0.29) is 11.9 Å². The van der Waals surface area contributed by atoms with Gasteiger partial charge in [0.15, 0.2) is 0 Å². The molecule has 4 nitrogen and oxygen atoms in total. The number of benzene rings is 1. The van der Waals surface area contributed by atoms with E-state index >= 15 is 0 Å². The highest BCUT2D eigenvalue weighted by atomic mass is 16.5. The molecule has 1 aromatic carbocycles. The van der Waals surface area contributed by atoms with Crippen LogP contribution in [0.4, 0.5) is 0 Å². The predicted octanol–water partition coefficient (Wildman–Crippen LogP) is 1.37. The molecule has 3 atom stereocenters. The Balaban J connectivity index is 2.29. The Hall–Kier alpha value is -1.68. The SMILES string of the molecule is COC(=O)C(C1CCNC1)[C@@H](C=O)c1ccccc1. The maximum absolute atomic E-state index is 12.1. The zero-order valence-electron chi connectivity index (χ0n) is 11.0. The highest BCUT2D eigenvalue weighted by molar-refractivity contribution is 5.80. The van der Waals surface area contributed by atoms with Gasteiger partial charge in [-0.25, -0.2) is 0 Å². The van der Waals surface area contributed by atoms with Crippen molar-refractivity contribution < 1.29 is 14.3 Å². The molecular formula is C15H19NO3. The third-order valence-corrected chi connectivity index (χ3v) is 3.80. The molecule has 0 bridgehead atoms. The maximum Gasteiger partial charge on any atom is 0.310 e. The molecule has 1 aromatic rings. The second-order valence-corrected chi connectivity index (χ2v) is 4.87. The number of ether oxygens (including phenoxy) is 1. The molecule has 0 spiro atoms. The van der Waals surface area contributed by atoms with Gasteiger partial charge in [-0.1, -0.05) is 30.3 Å². The summed E-state index contributed by atoms with van der Waals surface area (Å²) < 4.78 is 4.90. The van der Waals surface area contributed by atoms with E-state index in [0.717, 1.165) is 31.4 Å². The summed E-state index contributed by atoms with van der Waals surface area (Å²) in [7, 11) is 1.38. The fourth-order valence-electron chi connectivity index (χ4n) is 2.80. The van der Waals surface area contributed by atoms with E-state index in [4.69, 9.17) is 4.74 Å². The summed E-state index contributed by atoms with van der Waals surface area (Å²) in [5, 5.41) is 3.24. The summed E-state index contributed by atoms with van der Waals surface area (Å²) in [4.78, 5) is 23.6. The topological polar surface area (TPSA) is 55.4 Å². The van der Waals surface area contributed by atoms with Gasteiger partial charge in [0.1, 0.15) is 6.29 Å². The highest BCUT2D eigenvalue weighted by Gasteiger charge is 2.38. The molecule has 19 heavy (non-hydrogen) atoms. The molecule has 0 radical (unpaired) electrons. The number of nitrogens with one attached hydrogen (secondary N) is 1. The van der Waals surface area contributed by atoms with Crippen LogP contribution in [0.25, 0.3) is 0 Å². The first-order chi connectivity index (χ1) is 9.27. The van der Waals surface area contributed by atoms with Crippen LogP contribution in [-0.2, 0) is 14.3 Å². The van der Waals surface area contributed by atoms with E-state index in [1.807, 2.05) is 30.3 Å². The first kappa shape index (κ1) is 13.7. The summed E-state index contributed by atoms with van der Waals surface area (Å²) in [5.74, 6) is -0.976. The molecule has 1 fully saturated rings. The Labute approximate surface area is 113 Å². The second-order valence-electron chi connectivity index (χ2n) is 4.87. The van der Waals surface area contributed by atoms with Gasteiger partial charge in [-0.3, -0.25) is 4.79 Å². The number of methoxy groups -OCH3 is 1. The Bertz CT molecular complexity index is 426. The van der Waals surface area contributed by atoms with Crippen LogP contribution in [0.3, 0.4) is 0 Å². The summed E-state index contributed by atoms with van der Waals surface area (Å²) in [5.41, 5.74) is 0.875. The lowest BCUT2D eigenvalue weighted by molar-refractivity contribution is -0.149. The number of carbonyl (C=O) groups excluding carboxylic acids is 2. The Morgan fingerprint density at radius 1 is 1.42 bits per heavy atom. The first-order valence-electron chi connectivity index (χ1n) is 6.56. The normalized spacial score (nSPS) is 21.6. The summed E-state index contributed by atoms with van der Waals surface area (Å²) in [6.07, 6.45) is 1.77. The quantitative estimate of drug-likeness (QED) is 0.642. The number of hydrogen-bond acceptors (Lipinski definition) is 4. The Kier molecular flexibility index (Phi) is 4.68. The molecular weight excluding hydrogens is 242 g/mol. The van der Waals surface area contributed by atoms with Crippen molar-refractivity contribution in [1.29, 1.82) is 0 Å². The molecule has 1 heterocycles. The molecule has 0 aromatic heterocycles. The van der Waals surface area contributed by atoms with Gasteiger partial charge in [0.25, 0.3) is 0 Å². The lowest BCUT2D eigenvalue weighted by Gasteiger charge is -2.25. The van der Waals surface area contributed by atoms with E-state index in [2.05, 4.69) is 5.32 Å². The van der Waals surface area contributed by atoms with Gasteiger partial charge >= 0.3 is 5.97 Å². The Morgan fingerprint density at radius 3 is 2.68 bits per heavy atom. The molecule has 0 saturated carbocycles. The zero-order chi connectivity index (χ0) is 13.7. The summed E-state index contributed by atoms with van der Waals surface area (Å²) in [6.45, 7) is 1.65. The monoisotopic (exact) mass is 261 g/mol. The van der Waals surface area contributed by atoms with Crippen LogP contribution in [0.1, 0.15) is 17.9 Å². The molecule has 102 valence electrons. The van der Waals surface area contributed by atoms with Gasteiger partial charge in [0.05, 0.1) is 18.9 Å². The van der Waals surface area contributed by atoms with Crippen LogP contribution in [0.5, 0.6) is 0 Å². The molecule has 0 amide bonds. The van der Waals surface area contributed by atoms with Crippen LogP contribution in [-0.4, -0.2) is 32.5 Å². The number of hydrogen-bond donors (Lipinski definition) is 1. The molecule has 1 aliphatic rings. The fourth-order valence-corrected chi connectivity index (χ4v) is 2.80. The predicted molar refractivity (Wildman–Crippen MR) is 71.7 cm³/mol. The van der Waals surface area contributed by atoms with Crippen molar-refractivity contribution in [3.8, 4) is 0 Å². The lowest BCUT2D eigenvalue weighted by atomic mass is 9.78. The van der Waals surface area contributed by atoms with Crippen LogP contribution >= 0.6 is 0 Å². The average Bonchev–Trinajstić information content (AvgIpc) is 2.98. The molecule has 1 aliphatic heterocycles. The molecule has 1 saturated heterocycles. The molecule has 2 rings (SSSR count). The lowest BCUT2D eigenvalue weighted by Crippen LogP contribution is -2.33. The van der Waals surface area contributed by atoms with Gasteiger partial charge in [-0.2, -0.15) is 0 Å². The summed E-state index contributed by atoms with van der Waals surface area (Å²) >= 11 is 0. The van der Waals surface area contributed by atoms with Crippen molar-refractivity contribution in [3.05, 3.63) is 35.9 Å². The average molecular weight is 261 g/mol. The van der Waals surface area contributed by atoms with Crippen molar-refractivity contribution >= 4 is 12.3 Å². The minimum Gasteiger partial charge on any atom is -0.469 e. The van der Waals surface area contributed by atoms with Gasteiger partial charge in [-0.15, -0.1) is 0 Å². The number of rotatable bonds is 5. The number of carbonyl (C=O) groups is 2. The smallest absolute Gasteiger partial charge is 0.310 e. The standard InChI is InChI=1S/C15H19NO3/c1-19-15(18)14(12-7-8-16-9-12)13(10-17)11-5-3-2-4-6-11/h2-6,10,12-14,16H,7-9H2,1H3/t12?,13-,14?/m0/s1.